The second-order valence-corrected chi connectivity index (χ2v) is 14.0. The van der Waals surface area contributed by atoms with Crippen molar-refractivity contribution < 1.29 is 47.8 Å². The van der Waals surface area contributed by atoms with Gasteiger partial charge in [-0.2, -0.15) is 0 Å². The van der Waals surface area contributed by atoms with Crippen LogP contribution < -0.4 is 18.6 Å². The Morgan fingerprint density at radius 1 is 0.690 bits per heavy atom. The van der Waals surface area contributed by atoms with Crippen molar-refractivity contribution in [1.82, 2.24) is 4.98 Å². The first-order valence-corrected chi connectivity index (χ1v) is 15.9. The van der Waals surface area contributed by atoms with Gasteiger partial charge < -0.3 is 18.9 Å². The van der Waals surface area contributed by atoms with Crippen LogP contribution in [0.4, 0.5) is 0 Å². The average Bonchev–Trinajstić information content (AvgIpc) is 3.17. The predicted molar refractivity (Wildman–Crippen MR) is 154 cm³/mol. The Balaban J connectivity index is 0.000000581. The highest BCUT2D eigenvalue weighted by molar-refractivity contribution is 5.07. The van der Waals surface area contributed by atoms with Crippen molar-refractivity contribution in [3.05, 3.63) is 29.6 Å². The van der Waals surface area contributed by atoms with Crippen molar-refractivity contribution in [1.29, 1.82) is 0 Å². The van der Waals surface area contributed by atoms with Crippen LogP contribution in [-0.2, 0) is 18.9 Å². The summed E-state index contributed by atoms with van der Waals surface area (Å²) in [4.78, 5) is 4.17. The molecule has 248 valence electrons. The fourth-order valence-corrected chi connectivity index (χ4v) is 5.11. The summed E-state index contributed by atoms with van der Waals surface area (Å²) < 4.78 is 58.0. The van der Waals surface area contributed by atoms with Crippen molar-refractivity contribution in [3.63, 3.8) is 0 Å². The van der Waals surface area contributed by atoms with Crippen LogP contribution in [0.3, 0.4) is 0 Å². The highest BCUT2D eigenvalue weighted by atomic mass is 35.7. The van der Waals surface area contributed by atoms with Gasteiger partial charge >= 0.3 is 0 Å². The summed E-state index contributed by atoms with van der Waals surface area (Å²) in [5, 5.41) is 0. The first-order valence-electron chi connectivity index (χ1n) is 14.7. The molecular weight excluding hydrogens is 562 g/mol. The van der Waals surface area contributed by atoms with Gasteiger partial charge in [0.2, 0.25) is 0 Å². The normalized spacial score (nSPS) is 37.8. The molecule has 0 bridgehead atoms. The fourth-order valence-electron chi connectivity index (χ4n) is 5.11. The minimum absolute atomic E-state index is 0. The van der Waals surface area contributed by atoms with Gasteiger partial charge in [0, 0.05) is 16.8 Å². The third-order valence-electron chi connectivity index (χ3n) is 9.37. The van der Waals surface area contributed by atoms with Crippen LogP contribution in [0.5, 0.6) is 0 Å². The van der Waals surface area contributed by atoms with Gasteiger partial charge in [-0.15, -0.1) is 10.2 Å². The molecule has 0 radical (unpaired) electrons. The van der Waals surface area contributed by atoms with Gasteiger partial charge in [0.1, 0.15) is 6.10 Å². The first kappa shape index (κ1) is 41.1. The van der Waals surface area contributed by atoms with Crippen molar-refractivity contribution in [2.24, 2.45) is 35.0 Å². The number of rotatable bonds is 0. The largest absolute Gasteiger partial charge is 0.375 e. The summed E-state index contributed by atoms with van der Waals surface area (Å²) in [5.74, 6) is 2.63. The molecular formula is C32H59ClNO8-. The molecule has 10 unspecified atom stereocenters. The lowest BCUT2D eigenvalue weighted by Crippen LogP contribution is -2.68. The maximum Gasteiger partial charge on any atom is 0.187 e. The number of fused-ring (bicyclic) bond motifs is 1. The lowest BCUT2D eigenvalue weighted by molar-refractivity contribution is -2.00. The molecule has 0 aliphatic carbocycles. The molecule has 4 rings (SSSR count). The molecule has 42 heavy (non-hydrogen) atoms. The van der Waals surface area contributed by atoms with Crippen LogP contribution in [0.25, 0.3) is 0 Å². The van der Waals surface area contributed by atoms with Gasteiger partial charge in [-0.05, 0) is 83.3 Å². The third-order valence-corrected chi connectivity index (χ3v) is 9.37. The lowest BCUT2D eigenvalue weighted by Gasteiger charge is -2.41. The van der Waals surface area contributed by atoms with Crippen molar-refractivity contribution in [2.75, 3.05) is 0 Å². The topological polar surface area (TPSA) is 142 Å². The molecule has 10 heteroatoms. The number of hydrogen-bond acceptors (Lipinski definition) is 9. The van der Waals surface area contributed by atoms with Crippen LogP contribution >= 0.6 is 0 Å². The molecule has 10 atom stereocenters. The third kappa shape index (κ3) is 12.3. The number of pyridine rings is 1. The maximum atomic E-state index is 8.49. The molecule has 0 N–H and O–H groups in total. The lowest BCUT2D eigenvalue weighted by atomic mass is 9.77. The monoisotopic (exact) mass is 620 g/mol. The number of ether oxygens (including phenoxy) is 4. The van der Waals surface area contributed by atoms with E-state index in [2.05, 4.69) is 81.1 Å². The Bertz CT molecular complexity index is 885. The molecule has 3 fully saturated rings. The van der Waals surface area contributed by atoms with E-state index in [1.807, 2.05) is 39.0 Å². The predicted octanol–water partition coefficient (Wildman–Crippen LogP) is 3.46. The van der Waals surface area contributed by atoms with Crippen LogP contribution in [-0.4, -0.2) is 41.5 Å². The molecule has 1 aromatic heterocycles. The molecule has 3 aliphatic rings. The first-order chi connectivity index (χ1) is 18.5. The minimum Gasteiger partial charge on any atom is -0.375 e. The minimum atomic E-state index is -4.94. The number of aromatic nitrogens is 1. The van der Waals surface area contributed by atoms with Gasteiger partial charge in [0.05, 0.1) is 18.3 Å². The number of hydrogen-bond donors (Lipinski definition) is 0. The molecule has 0 spiro atoms. The van der Waals surface area contributed by atoms with Gasteiger partial charge in [0.25, 0.3) is 0 Å². The van der Waals surface area contributed by atoms with Gasteiger partial charge in [-0.25, -0.2) is 18.6 Å². The van der Waals surface area contributed by atoms with Crippen molar-refractivity contribution >= 4 is 0 Å². The molecule has 0 aromatic carbocycles. The molecule has 3 aliphatic heterocycles. The average molecular weight is 621 g/mol. The second kappa shape index (κ2) is 16.4. The van der Waals surface area contributed by atoms with E-state index in [9.17, 15) is 0 Å². The zero-order valence-corrected chi connectivity index (χ0v) is 28.4. The van der Waals surface area contributed by atoms with Crippen LogP contribution in [0.1, 0.15) is 102 Å². The molecule has 0 amide bonds. The SMILES string of the molecule is C.CC1OC(C)C(C)C(C)C1C.CC1OC2OC(C)(C(C)(C)C)OC2C(C)C1C.Cc1cccc(C)n1.[O-][Cl+3]([O-])([O-])[O-]. The van der Waals surface area contributed by atoms with Gasteiger partial charge in [-0.1, -0.05) is 68.9 Å². The molecule has 1 aromatic rings. The van der Waals surface area contributed by atoms with E-state index < -0.39 is 16.0 Å². The Kier molecular flexibility index (Phi) is 16.1. The van der Waals surface area contributed by atoms with Crippen LogP contribution in [0.15, 0.2) is 18.2 Å². The summed E-state index contributed by atoms with van der Waals surface area (Å²) in [7, 11) is -4.94. The Morgan fingerprint density at radius 3 is 1.43 bits per heavy atom. The number of nitrogens with zero attached hydrogens (tertiary/aromatic N) is 1. The molecule has 4 heterocycles. The van der Waals surface area contributed by atoms with Crippen LogP contribution in [0.2, 0.25) is 0 Å². The molecule has 3 saturated heterocycles. The van der Waals surface area contributed by atoms with Crippen LogP contribution in [0, 0.1) is 59.1 Å². The Labute approximate surface area is 258 Å². The summed E-state index contributed by atoms with van der Waals surface area (Å²) in [6, 6.07) is 6.00. The van der Waals surface area contributed by atoms with Gasteiger partial charge in [-0.3, -0.25) is 4.98 Å². The number of aryl methyl sites for hydroxylation is 2. The quantitative estimate of drug-likeness (QED) is 0.426. The zero-order chi connectivity index (χ0) is 32.1. The standard InChI is InChI=1S/C14H26O3.C10H20O.C7H9N.CH4.ClHO4/c1-8-9(2)11-12(15-10(8)3)17-14(7,16-11)13(4,5)6;1-6-7(2)9(4)11-10(5)8(6)3;1-6-4-3-5-7(2)8-6;;2-1(3,4)5/h8-12H,1-7H3;6-10H,1-5H3;3-5H,1-2H3;1H4;(H,2,3,4,5)/p-1. The highest BCUT2D eigenvalue weighted by Crippen LogP contribution is 2.47. The van der Waals surface area contributed by atoms with Gasteiger partial charge in [0.15, 0.2) is 12.1 Å². The summed E-state index contributed by atoms with van der Waals surface area (Å²) >= 11 is 0. The van der Waals surface area contributed by atoms with Crippen molar-refractivity contribution in [3.8, 4) is 0 Å². The summed E-state index contributed by atoms with van der Waals surface area (Å²) in [5.41, 5.74) is 2.12. The fraction of sp³-hybridized carbons (Fsp3) is 0.844. The second-order valence-electron chi connectivity index (χ2n) is 13.2. The molecule has 9 nitrogen and oxygen atoms in total. The van der Waals surface area contributed by atoms with E-state index in [0.29, 0.717) is 35.9 Å². The number of halogens is 1. The summed E-state index contributed by atoms with van der Waals surface area (Å²) in [6.07, 6.45) is 0.968. The van der Waals surface area contributed by atoms with Crippen molar-refractivity contribution in [2.45, 2.75) is 141 Å². The Morgan fingerprint density at radius 2 is 1.07 bits per heavy atom. The van der Waals surface area contributed by atoms with E-state index in [0.717, 1.165) is 17.3 Å². The van der Waals surface area contributed by atoms with E-state index in [1.54, 1.807) is 0 Å². The smallest absolute Gasteiger partial charge is 0.187 e. The summed E-state index contributed by atoms with van der Waals surface area (Å²) in [6.45, 7) is 30.3. The Hall–Kier alpha value is -0.880. The highest BCUT2D eigenvalue weighted by Gasteiger charge is 2.56. The van der Waals surface area contributed by atoms with E-state index >= 15 is 0 Å². The maximum absolute atomic E-state index is 8.49. The van der Waals surface area contributed by atoms with E-state index in [4.69, 9.17) is 37.6 Å². The molecule has 0 saturated carbocycles. The zero-order valence-electron chi connectivity index (χ0n) is 27.6. The van der Waals surface area contributed by atoms with E-state index in [-0.39, 0.29) is 31.3 Å². The van der Waals surface area contributed by atoms with E-state index in [1.165, 1.54) is 0 Å².